The molecule has 3 nitrogen and oxygen atoms in total. The number of nitrogens with one attached hydrogen (secondary N) is 1. The summed E-state index contributed by atoms with van der Waals surface area (Å²) < 4.78 is 0. The number of hydrogen-bond donors (Lipinski definition) is 1. The third-order valence-electron chi connectivity index (χ3n) is 5.19. The zero-order valence-corrected chi connectivity index (χ0v) is 13.9. The Balaban J connectivity index is 2.15. The number of nitrogens with zero attached hydrogens (tertiary/aromatic N) is 1. The topological polar surface area (TPSA) is 32.3 Å². The molecule has 3 heteroatoms. The largest absolute Gasteiger partial charge is 0.323 e. The molecule has 4 unspecified atom stereocenters. The SMILES string of the molecule is CCC1CCCC(N2C(=O)C(C(C)C)NC2C(C)C)C1. The number of carbonyl (C=O) groups is 1. The normalized spacial score (nSPS) is 35.4. The van der Waals surface area contributed by atoms with E-state index in [0.29, 0.717) is 23.8 Å². The molecule has 1 aliphatic heterocycles. The first-order valence-corrected chi connectivity index (χ1v) is 8.53. The second-order valence-electron chi connectivity index (χ2n) is 7.42. The lowest BCUT2D eigenvalue weighted by molar-refractivity contribution is -0.134. The van der Waals surface area contributed by atoms with Gasteiger partial charge in [-0.15, -0.1) is 0 Å². The van der Waals surface area contributed by atoms with E-state index < -0.39 is 0 Å². The van der Waals surface area contributed by atoms with Crippen LogP contribution in [0.5, 0.6) is 0 Å². The van der Waals surface area contributed by atoms with Gasteiger partial charge in [0.05, 0.1) is 12.2 Å². The van der Waals surface area contributed by atoms with Crippen LogP contribution in [0.2, 0.25) is 0 Å². The maximum absolute atomic E-state index is 12.8. The van der Waals surface area contributed by atoms with Gasteiger partial charge in [-0.05, 0) is 30.6 Å². The fraction of sp³-hybridized carbons (Fsp3) is 0.941. The van der Waals surface area contributed by atoms with Gasteiger partial charge < -0.3 is 4.90 Å². The molecule has 0 aromatic heterocycles. The first-order valence-electron chi connectivity index (χ1n) is 8.53. The molecule has 0 radical (unpaired) electrons. The molecule has 0 spiro atoms. The molecule has 1 amide bonds. The molecule has 4 atom stereocenters. The maximum atomic E-state index is 12.8. The highest BCUT2D eigenvalue weighted by Crippen LogP contribution is 2.34. The predicted octanol–water partition coefficient (Wildman–Crippen LogP) is 3.39. The van der Waals surface area contributed by atoms with Gasteiger partial charge in [0.15, 0.2) is 0 Å². The summed E-state index contributed by atoms with van der Waals surface area (Å²) in [7, 11) is 0. The lowest BCUT2D eigenvalue weighted by Crippen LogP contribution is -2.48. The molecular weight excluding hydrogens is 248 g/mol. The molecule has 1 aliphatic carbocycles. The molecule has 2 aliphatic rings. The highest BCUT2D eigenvalue weighted by atomic mass is 16.2. The third-order valence-corrected chi connectivity index (χ3v) is 5.19. The first-order chi connectivity index (χ1) is 9.45. The van der Waals surface area contributed by atoms with Crippen LogP contribution in [0, 0.1) is 17.8 Å². The number of carbonyl (C=O) groups excluding carboxylic acids is 1. The summed E-state index contributed by atoms with van der Waals surface area (Å²) in [5.74, 6) is 2.01. The van der Waals surface area contributed by atoms with Crippen LogP contribution in [0.25, 0.3) is 0 Å². The molecule has 116 valence electrons. The Morgan fingerprint density at radius 3 is 2.45 bits per heavy atom. The molecule has 2 rings (SSSR count). The van der Waals surface area contributed by atoms with Gasteiger partial charge in [-0.1, -0.05) is 53.9 Å². The molecule has 1 N–H and O–H groups in total. The van der Waals surface area contributed by atoms with Gasteiger partial charge in [-0.3, -0.25) is 10.1 Å². The van der Waals surface area contributed by atoms with Gasteiger partial charge in [0.2, 0.25) is 5.91 Å². The van der Waals surface area contributed by atoms with Crippen molar-refractivity contribution in [3.63, 3.8) is 0 Å². The van der Waals surface area contributed by atoms with Crippen molar-refractivity contribution in [2.45, 2.75) is 85.0 Å². The summed E-state index contributed by atoms with van der Waals surface area (Å²) >= 11 is 0. The monoisotopic (exact) mass is 280 g/mol. The summed E-state index contributed by atoms with van der Waals surface area (Å²) in [5, 5.41) is 3.60. The van der Waals surface area contributed by atoms with Crippen molar-refractivity contribution in [2.24, 2.45) is 17.8 Å². The van der Waals surface area contributed by atoms with Crippen LogP contribution < -0.4 is 5.32 Å². The van der Waals surface area contributed by atoms with E-state index in [0.717, 1.165) is 5.92 Å². The minimum atomic E-state index is 0.0180. The fourth-order valence-corrected chi connectivity index (χ4v) is 3.92. The van der Waals surface area contributed by atoms with Crippen molar-refractivity contribution in [3.05, 3.63) is 0 Å². The molecular formula is C17H32N2O. The Kier molecular flexibility index (Phi) is 5.11. The maximum Gasteiger partial charge on any atom is 0.241 e. The molecule has 1 heterocycles. The molecule has 20 heavy (non-hydrogen) atoms. The standard InChI is InChI=1S/C17H32N2O/c1-6-13-8-7-9-14(10-13)19-16(12(4)5)18-15(11(2)3)17(19)20/h11-16,18H,6-10H2,1-5H3. The zero-order chi connectivity index (χ0) is 14.9. The van der Waals surface area contributed by atoms with E-state index >= 15 is 0 Å². The van der Waals surface area contributed by atoms with Crippen LogP contribution in [0.15, 0.2) is 0 Å². The van der Waals surface area contributed by atoms with Crippen molar-refractivity contribution in [1.29, 1.82) is 0 Å². The number of rotatable bonds is 4. The van der Waals surface area contributed by atoms with Gasteiger partial charge >= 0.3 is 0 Å². The third kappa shape index (κ3) is 3.03. The Morgan fingerprint density at radius 2 is 1.90 bits per heavy atom. The average molecular weight is 280 g/mol. The van der Waals surface area contributed by atoms with E-state index in [1.54, 1.807) is 0 Å². The van der Waals surface area contributed by atoms with Crippen LogP contribution in [-0.2, 0) is 4.79 Å². The van der Waals surface area contributed by atoms with Gasteiger partial charge in [0, 0.05) is 6.04 Å². The first kappa shape index (κ1) is 15.8. The molecule has 0 aromatic carbocycles. The van der Waals surface area contributed by atoms with Crippen LogP contribution in [-0.4, -0.2) is 29.1 Å². The van der Waals surface area contributed by atoms with Gasteiger partial charge in [-0.25, -0.2) is 0 Å². The summed E-state index contributed by atoms with van der Waals surface area (Å²) in [5.41, 5.74) is 0. The minimum Gasteiger partial charge on any atom is -0.323 e. The van der Waals surface area contributed by atoms with E-state index in [2.05, 4.69) is 44.8 Å². The summed E-state index contributed by atoms with van der Waals surface area (Å²) in [6.45, 7) is 11.0. The lowest BCUT2D eigenvalue weighted by Gasteiger charge is -2.39. The number of amides is 1. The van der Waals surface area contributed by atoms with E-state index in [9.17, 15) is 4.79 Å². The molecule has 2 fully saturated rings. The second kappa shape index (κ2) is 6.46. The predicted molar refractivity (Wildman–Crippen MR) is 83.3 cm³/mol. The van der Waals surface area contributed by atoms with Crippen LogP contribution in [0.3, 0.4) is 0 Å². The summed E-state index contributed by atoms with van der Waals surface area (Å²) in [6.07, 6.45) is 6.52. The van der Waals surface area contributed by atoms with Crippen LogP contribution in [0.1, 0.15) is 66.7 Å². The van der Waals surface area contributed by atoms with E-state index in [1.807, 2.05) is 0 Å². The molecule has 1 saturated heterocycles. The van der Waals surface area contributed by atoms with E-state index in [-0.39, 0.29) is 12.2 Å². The van der Waals surface area contributed by atoms with Crippen LogP contribution >= 0.6 is 0 Å². The van der Waals surface area contributed by atoms with E-state index in [4.69, 9.17) is 0 Å². The van der Waals surface area contributed by atoms with Crippen molar-refractivity contribution in [3.8, 4) is 0 Å². The quantitative estimate of drug-likeness (QED) is 0.856. The van der Waals surface area contributed by atoms with Crippen molar-refractivity contribution < 1.29 is 4.79 Å². The van der Waals surface area contributed by atoms with Crippen LogP contribution in [0.4, 0.5) is 0 Å². The molecule has 0 bridgehead atoms. The lowest BCUT2D eigenvalue weighted by atomic mass is 9.83. The van der Waals surface area contributed by atoms with Crippen molar-refractivity contribution >= 4 is 5.91 Å². The summed E-state index contributed by atoms with van der Waals surface area (Å²) in [6, 6.07) is 0.481. The highest BCUT2D eigenvalue weighted by Gasteiger charge is 2.45. The molecule has 0 aromatic rings. The Labute approximate surface area is 124 Å². The van der Waals surface area contributed by atoms with Gasteiger partial charge in [0.25, 0.3) is 0 Å². The van der Waals surface area contributed by atoms with Gasteiger partial charge in [-0.2, -0.15) is 0 Å². The smallest absolute Gasteiger partial charge is 0.241 e. The second-order valence-corrected chi connectivity index (χ2v) is 7.42. The Morgan fingerprint density at radius 1 is 1.20 bits per heavy atom. The van der Waals surface area contributed by atoms with E-state index in [1.165, 1.54) is 32.1 Å². The minimum absolute atomic E-state index is 0.0180. The highest BCUT2D eigenvalue weighted by molar-refractivity contribution is 5.85. The fourth-order valence-electron chi connectivity index (χ4n) is 3.92. The average Bonchev–Trinajstić information content (AvgIpc) is 2.77. The van der Waals surface area contributed by atoms with Gasteiger partial charge in [0.1, 0.15) is 0 Å². The summed E-state index contributed by atoms with van der Waals surface area (Å²) in [4.78, 5) is 15.0. The Hall–Kier alpha value is -0.570. The number of hydrogen-bond acceptors (Lipinski definition) is 2. The molecule has 1 saturated carbocycles. The Bertz CT molecular complexity index is 340. The zero-order valence-electron chi connectivity index (χ0n) is 13.9. The van der Waals surface area contributed by atoms with Crippen molar-refractivity contribution in [1.82, 2.24) is 10.2 Å². The van der Waals surface area contributed by atoms with Crippen molar-refractivity contribution in [2.75, 3.05) is 0 Å².